The number of aromatic hydroxyl groups is 1. The Bertz CT molecular complexity index is 1280. The first kappa shape index (κ1) is 25.6. The Morgan fingerprint density at radius 3 is 2.51 bits per heavy atom. The van der Waals surface area contributed by atoms with Gasteiger partial charge in [0.2, 0.25) is 5.91 Å². The highest BCUT2D eigenvalue weighted by atomic mass is 19.1. The maximum Gasteiger partial charge on any atom is 0.233 e. The van der Waals surface area contributed by atoms with Crippen molar-refractivity contribution in [3.63, 3.8) is 0 Å². The minimum absolute atomic E-state index is 0.0289. The predicted molar refractivity (Wildman–Crippen MR) is 129 cm³/mol. The van der Waals surface area contributed by atoms with E-state index in [-0.39, 0.29) is 29.7 Å². The van der Waals surface area contributed by atoms with Crippen LogP contribution in [0.5, 0.6) is 5.75 Å². The molecule has 5 rings (SSSR count). The average Bonchev–Trinajstić information content (AvgIpc) is 2.83. The smallest absolute Gasteiger partial charge is 0.233 e. The van der Waals surface area contributed by atoms with Crippen molar-refractivity contribution in [3.05, 3.63) is 28.1 Å². The maximum absolute atomic E-state index is 15.9. The largest absolute Gasteiger partial charge is 0.507 e. The maximum atomic E-state index is 15.9. The van der Waals surface area contributed by atoms with Crippen LogP contribution in [0.15, 0.2) is 0 Å². The molecular weight excluding hydrogens is 483 g/mol. The molecule has 0 spiro atoms. The van der Waals surface area contributed by atoms with Gasteiger partial charge in [0.1, 0.15) is 17.5 Å². The lowest BCUT2D eigenvalue weighted by atomic mass is 9.52. The van der Waals surface area contributed by atoms with E-state index in [2.05, 4.69) is 0 Å². The van der Waals surface area contributed by atoms with Gasteiger partial charge in [0.25, 0.3) is 0 Å². The number of fused-ring (bicyclic) bond motifs is 4. The van der Waals surface area contributed by atoms with Crippen LogP contribution in [0.4, 0.5) is 4.39 Å². The van der Waals surface area contributed by atoms with E-state index in [4.69, 9.17) is 11.1 Å². The molecule has 6 atom stereocenters. The Kier molecular flexibility index (Phi) is 5.89. The van der Waals surface area contributed by atoms with Crippen LogP contribution in [0.2, 0.25) is 0 Å². The number of nitrogens with one attached hydrogen (secondary N) is 1. The summed E-state index contributed by atoms with van der Waals surface area (Å²) in [5.74, 6) is -9.67. The van der Waals surface area contributed by atoms with Crippen LogP contribution >= 0.6 is 0 Å². The van der Waals surface area contributed by atoms with Gasteiger partial charge >= 0.3 is 0 Å². The monoisotopic (exact) mass is 514 g/mol. The van der Waals surface area contributed by atoms with E-state index in [1.54, 1.807) is 14.1 Å². The highest BCUT2D eigenvalue weighted by Crippen LogP contribution is 2.52. The zero-order chi connectivity index (χ0) is 27.1. The SMILES string of the molecule is CCN1CCc2c(O)c3c(c(F)c2C1)CC1CC2C(N(C)C)C(=O)C(C(N)=O)C(=N)C2(O)C(=O)C1C3=O. The van der Waals surface area contributed by atoms with Crippen molar-refractivity contribution in [3.8, 4) is 5.75 Å². The molecule has 1 amide bonds. The molecule has 1 heterocycles. The van der Waals surface area contributed by atoms with Gasteiger partial charge in [-0.25, -0.2) is 4.39 Å². The number of likely N-dealkylation sites (N-methyl/N-ethyl adjacent to an activating group) is 2. The fourth-order valence-electron chi connectivity index (χ4n) is 7.13. The molecule has 0 saturated heterocycles. The number of rotatable bonds is 3. The Labute approximate surface area is 213 Å². The number of benzene rings is 1. The van der Waals surface area contributed by atoms with Crippen molar-refractivity contribution in [1.82, 2.24) is 9.80 Å². The molecule has 11 heteroatoms. The van der Waals surface area contributed by atoms with E-state index >= 15 is 4.39 Å². The highest BCUT2D eigenvalue weighted by Gasteiger charge is 2.67. The summed E-state index contributed by atoms with van der Waals surface area (Å²) in [5, 5.41) is 31.3. The van der Waals surface area contributed by atoms with Gasteiger partial charge in [-0.2, -0.15) is 0 Å². The summed E-state index contributed by atoms with van der Waals surface area (Å²) >= 11 is 0. The van der Waals surface area contributed by atoms with Gasteiger partial charge in [-0.05, 0) is 45.8 Å². The number of carbonyl (C=O) groups excluding carboxylic acids is 4. The lowest BCUT2D eigenvalue weighted by molar-refractivity contribution is -0.157. The molecule has 198 valence electrons. The lowest BCUT2D eigenvalue weighted by Crippen LogP contribution is -2.73. The fraction of sp³-hybridized carbons (Fsp3) is 0.577. The van der Waals surface area contributed by atoms with Gasteiger partial charge in [0.15, 0.2) is 23.0 Å². The number of hydrogen-bond donors (Lipinski definition) is 4. The molecule has 37 heavy (non-hydrogen) atoms. The van der Waals surface area contributed by atoms with Gasteiger partial charge in [-0.1, -0.05) is 6.92 Å². The molecular formula is C26H31FN4O6. The zero-order valence-electron chi connectivity index (χ0n) is 21.0. The standard InChI is InChI=1S/C26H31FN4O6/c1-4-31-6-5-11-13(9-31)18(27)12-7-10-8-14-19(30(2)3)22(34)17(25(29)36)23(28)26(14,37)24(35)15(10)21(33)16(12)20(11)32/h10,14-15,17,19,28,32,37H,4-9H2,1-3H3,(H2,29,36). The minimum Gasteiger partial charge on any atom is -0.507 e. The molecule has 3 aliphatic carbocycles. The second kappa shape index (κ2) is 8.50. The molecule has 0 aromatic heterocycles. The van der Waals surface area contributed by atoms with Crippen LogP contribution in [0.1, 0.15) is 40.4 Å². The molecule has 10 nitrogen and oxygen atoms in total. The normalized spacial score (nSPS) is 33.6. The van der Waals surface area contributed by atoms with Crippen LogP contribution in [0, 0.1) is 34.9 Å². The van der Waals surface area contributed by atoms with Gasteiger partial charge in [-0.3, -0.25) is 29.0 Å². The summed E-state index contributed by atoms with van der Waals surface area (Å²) in [4.78, 5) is 56.4. The molecule has 6 unspecified atom stereocenters. The second-order valence-corrected chi connectivity index (χ2v) is 10.9. The highest BCUT2D eigenvalue weighted by molar-refractivity contribution is 6.33. The fourth-order valence-corrected chi connectivity index (χ4v) is 7.13. The van der Waals surface area contributed by atoms with Crippen molar-refractivity contribution in [2.24, 2.45) is 29.4 Å². The van der Waals surface area contributed by atoms with Gasteiger partial charge < -0.3 is 21.4 Å². The molecule has 2 fully saturated rings. The number of carbonyl (C=O) groups is 4. The van der Waals surface area contributed by atoms with Gasteiger partial charge in [-0.15, -0.1) is 0 Å². The lowest BCUT2D eigenvalue weighted by Gasteiger charge is -2.53. The summed E-state index contributed by atoms with van der Waals surface area (Å²) in [6, 6.07) is -1.11. The number of phenolic OH excluding ortho intramolecular Hbond substituents is 1. The van der Waals surface area contributed by atoms with Gasteiger partial charge in [0, 0.05) is 35.7 Å². The van der Waals surface area contributed by atoms with E-state index < -0.39 is 70.1 Å². The number of amides is 1. The quantitative estimate of drug-likeness (QED) is 0.404. The number of ketones is 3. The predicted octanol–water partition coefficient (Wildman–Crippen LogP) is -0.165. The van der Waals surface area contributed by atoms with Crippen molar-refractivity contribution in [1.29, 1.82) is 5.41 Å². The number of aliphatic hydroxyl groups is 1. The van der Waals surface area contributed by atoms with Gasteiger partial charge in [0.05, 0.1) is 23.2 Å². The van der Waals surface area contributed by atoms with Crippen LogP contribution in [-0.2, 0) is 33.8 Å². The molecule has 2 saturated carbocycles. The van der Waals surface area contributed by atoms with Crippen molar-refractivity contribution < 1.29 is 33.8 Å². The minimum atomic E-state index is -2.57. The van der Waals surface area contributed by atoms with Crippen LogP contribution in [-0.4, -0.2) is 87.8 Å². The topological polar surface area (TPSA) is 165 Å². The summed E-state index contributed by atoms with van der Waals surface area (Å²) in [7, 11) is 3.11. The molecule has 4 aliphatic rings. The number of Topliss-reactive ketones (excluding diaryl/α,β-unsaturated/α-hetero) is 3. The van der Waals surface area contributed by atoms with Crippen molar-refractivity contribution in [2.75, 3.05) is 27.2 Å². The van der Waals surface area contributed by atoms with Crippen LogP contribution in [0.25, 0.3) is 0 Å². The number of hydrogen-bond acceptors (Lipinski definition) is 9. The van der Waals surface area contributed by atoms with E-state index in [0.717, 1.165) is 0 Å². The van der Waals surface area contributed by atoms with E-state index in [1.165, 1.54) is 4.90 Å². The third-order valence-corrected chi connectivity index (χ3v) is 8.94. The Balaban J connectivity index is 1.64. The molecule has 1 aromatic rings. The number of halogens is 1. The van der Waals surface area contributed by atoms with Crippen molar-refractivity contribution in [2.45, 2.75) is 44.4 Å². The van der Waals surface area contributed by atoms with Crippen LogP contribution < -0.4 is 5.73 Å². The average molecular weight is 515 g/mol. The number of nitrogens with zero attached hydrogens (tertiary/aromatic N) is 2. The number of phenols is 1. The first-order valence-corrected chi connectivity index (χ1v) is 12.5. The van der Waals surface area contributed by atoms with E-state index in [1.807, 2.05) is 11.8 Å². The summed E-state index contributed by atoms with van der Waals surface area (Å²) in [6.45, 7) is 3.54. The Morgan fingerprint density at radius 1 is 1.24 bits per heavy atom. The summed E-state index contributed by atoms with van der Waals surface area (Å²) in [5.41, 5.74) is 2.50. The molecule has 5 N–H and O–H groups in total. The van der Waals surface area contributed by atoms with E-state index in [9.17, 15) is 29.4 Å². The zero-order valence-corrected chi connectivity index (χ0v) is 21.0. The van der Waals surface area contributed by atoms with Crippen LogP contribution in [0.3, 0.4) is 0 Å². The summed E-state index contributed by atoms with van der Waals surface area (Å²) in [6.07, 6.45) is 0.279. The molecule has 0 radical (unpaired) electrons. The number of nitrogens with two attached hydrogens (primary N) is 1. The molecule has 1 aliphatic heterocycles. The first-order chi connectivity index (χ1) is 17.4. The first-order valence-electron chi connectivity index (χ1n) is 12.5. The van der Waals surface area contributed by atoms with E-state index in [0.29, 0.717) is 37.2 Å². The molecule has 1 aromatic carbocycles. The third-order valence-electron chi connectivity index (χ3n) is 8.94. The van der Waals surface area contributed by atoms with Crippen molar-refractivity contribution >= 4 is 29.0 Å². The Morgan fingerprint density at radius 2 is 1.92 bits per heavy atom. The second-order valence-electron chi connectivity index (χ2n) is 10.9. The Hall–Kier alpha value is -3.02. The molecule has 0 bridgehead atoms. The summed E-state index contributed by atoms with van der Waals surface area (Å²) < 4.78 is 15.9. The third kappa shape index (κ3) is 3.30. The number of primary amides is 1.